The normalized spacial score (nSPS) is 12.2. The molecule has 1 atom stereocenters. The summed E-state index contributed by atoms with van der Waals surface area (Å²) in [6.07, 6.45) is 1.52. The van der Waals surface area contributed by atoms with Crippen LogP contribution in [0.3, 0.4) is 0 Å². The fourth-order valence-corrected chi connectivity index (χ4v) is 3.12. The van der Waals surface area contributed by atoms with Crippen LogP contribution in [0.25, 0.3) is 0 Å². The lowest BCUT2D eigenvalue weighted by Gasteiger charge is -2.16. The minimum absolute atomic E-state index is 0.106. The minimum atomic E-state index is 0.106. The number of hydrogen-bond donors (Lipinski definition) is 2. The van der Waals surface area contributed by atoms with E-state index < -0.39 is 0 Å². The molecule has 0 radical (unpaired) electrons. The third-order valence-electron chi connectivity index (χ3n) is 4.31. The molecule has 3 rings (SSSR count). The van der Waals surface area contributed by atoms with Crippen LogP contribution in [0.1, 0.15) is 41.0 Å². The molecule has 0 spiro atoms. The highest BCUT2D eigenvalue weighted by molar-refractivity contribution is 6.31. The van der Waals surface area contributed by atoms with Gasteiger partial charge < -0.3 is 10.1 Å². The lowest BCUT2D eigenvalue weighted by atomic mass is 10.1. The number of aromatic nitrogens is 3. The molecule has 0 aliphatic carbocycles. The zero-order chi connectivity index (χ0) is 18.5. The number of nitrogens with one attached hydrogen (secondary N) is 2. The molecule has 1 aromatic heterocycles. The molecule has 0 aliphatic heterocycles. The van der Waals surface area contributed by atoms with E-state index in [9.17, 15) is 0 Å². The molecule has 6 heteroatoms. The molecule has 1 heterocycles. The minimum Gasteiger partial charge on any atom is -0.488 e. The molecule has 0 saturated carbocycles. The predicted octanol–water partition coefficient (Wildman–Crippen LogP) is 4.50. The second-order valence-corrected chi connectivity index (χ2v) is 6.82. The van der Waals surface area contributed by atoms with Gasteiger partial charge in [-0.2, -0.15) is 5.10 Å². The van der Waals surface area contributed by atoms with Crippen molar-refractivity contribution in [3.05, 3.63) is 75.8 Å². The van der Waals surface area contributed by atoms with E-state index in [0.29, 0.717) is 6.61 Å². The number of aryl methyl sites for hydroxylation is 2. The first-order valence-corrected chi connectivity index (χ1v) is 8.97. The maximum atomic E-state index is 6.21. The first-order valence-electron chi connectivity index (χ1n) is 8.59. The van der Waals surface area contributed by atoms with Crippen LogP contribution < -0.4 is 10.1 Å². The maximum absolute atomic E-state index is 6.21. The van der Waals surface area contributed by atoms with Crippen molar-refractivity contribution >= 4 is 11.6 Å². The van der Waals surface area contributed by atoms with Gasteiger partial charge in [0.05, 0.1) is 6.04 Å². The monoisotopic (exact) mass is 370 g/mol. The Morgan fingerprint density at radius 2 is 1.92 bits per heavy atom. The van der Waals surface area contributed by atoms with Gasteiger partial charge in [0.1, 0.15) is 24.5 Å². The molecule has 136 valence electrons. The van der Waals surface area contributed by atoms with E-state index >= 15 is 0 Å². The second kappa shape index (κ2) is 8.34. The summed E-state index contributed by atoms with van der Waals surface area (Å²) in [4.78, 5) is 4.18. The molecule has 0 fully saturated rings. The molecule has 2 N–H and O–H groups in total. The summed E-state index contributed by atoms with van der Waals surface area (Å²) < 4.78 is 6.05. The summed E-state index contributed by atoms with van der Waals surface area (Å²) in [5.41, 5.74) is 4.42. The topological polar surface area (TPSA) is 62.8 Å². The SMILES string of the molecule is Cc1cc(CN[C@@H](C)c2ncn[nH]2)cc(C)c1OCc1ccccc1Cl. The van der Waals surface area contributed by atoms with E-state index in [1.807, 2.05) is 24.3 Å². The number of rotatable bonds is 7. The number of aromatic amines is 1. The van der Waals surface area contributed by atoms with Crippen molar-refractivity contribution < 1.29 is 4.74 Å². The third kappa shape index (κ3) is 4.42. The summed E-state index contributed by atoms with van der Waals surface area (Å²) in [6, 6.07) is 12.2. The summed E-state index contributed by atoms with van der Waals surface area (Å²) in [5.74, 6) is 1.75. The van der Waals surface area contributed by atoms with Gasteiger partial charge in [-0.1, -0.05) is 41.9 Å². The van der Waals surface area contributed by atoms with Crippen LogP contribution in [-0.4, -0.2) is 15.2 Å². The molecule has 0 amide bonds. The molecular formula is C20H23ClN4O. The fourth-order valence-electron chi connectivity index (χ4n) is 2.93. The summed E-state index contributed by atoms with van der Waals surface area (Å²) in [5, 5.41) is 11.0. The van der Waals surface area contributed by atoms with Crippen LogP contribution in [-0.2, 0) is 13.2 Å². The first-order chi connectivity index (χ1) is 12.5. The Hall–Kier alpha value is -2.37. The molecule has 5 nitrogen and oxygen atoms in total. The molecule has 0 unspecified atom stereocenters. The Kier molecular flexibility index (Phi) is 5.91. The number of benzene rings is 2. The van der Waals surface area contributed by atoms with E-state index in [2.05, 4.69) is 53.4 Å². The van der Waals surface area contributed by atoms with Gasteiger partial charge in [-0.05, 0) is 43.5 Å². The standard InChI is InChI=1S/C20H23ClN4O/c1-13-8-16(10-22-15(3)20-23-12-24-25-20)9-14(2)19(13)26-11-17-6-4-5-7-18(17)21/h4-9,12,15,22H,10-11H2,1-3H3,(H,23,24,25)/t15-/m0/s1. The van der Waals surface area contributed by atoms with E-state index in [1.165, 1.54) is 11.9 Å². The van der Waals surface area contributed by atoms with Gasteiger partial charge in [0, 0.05) is 17.1 Å². The van der Waals surface area contributed by atoms with Crippen molar-refractivity contribution in [2.45, 2.75) is 40.0 Å². The van der Waals surface area contributed by atoms with Gasteiger partial charge in [-0.25, -0.2) is 4.98 Å². The molecule has 26 heavy (non-hydrogen) atoms. The van der Waals surface area contributed by atoms with Gasteiger partial charge in [-0.3, -0.25) is 5.10 Å². The Morgan fingerprint density at radius 1 is 1.19 bits per heavy atom. The average molecular weight is 371 g/mol. The highest BCUT2D eigenvalue weighted by Crippen LogP contribution is 2.27. The summed E-state index contributed by atoms with van der Waals surface area (Å²) >= 11 is 6.21. The number of nitrogens with zero attached hydrogens (tertiary/aromatic N) is 2. The Balaban J connectivity index is 1.65. The first kappa shape index (κ1) is 18.4. The highest BCUT2D eigenvalue weighted by Gasteiger charge is 2.11. The highest BCUT2D eigenvalue weighted by atomic mass is 35.5. The lowest BCUT2D eigenvalue weighted by molar-refractivity contribution is 0.302. The van der Waals surface area contributed by atoms with Crippen molar-refractivity contribution in [1.29, 1.82) is 0 Å². The largest absolute Gasteiger partial charge is 0.488 e. The molecule has 0 bridgehead atoms. The zero-order valence-electron chi connectivity index (χ0n) is 15.2. The van der Waals surface area contributed by atoms with Crippen molar-refractivity contribution in [2.24, 2.45) is 0 Å². The van der Waals surface area contributed by atoms with Gasteiger partial charge in [0.25, 0.3) is 0 Å². The third-order valence-corrected chi connectivity index (χ3v) is 4.67. The second-order valence-electron chi connectivity index (χ2n) is 6.41. The zero-order valence-corrected chi connectivity index (χ0v) is 16.0. The van der Waals surface area contributed by atoms with Crippen LogP contribution in [0, 0.1) is 13.8 Å². The molecule has 0 aliphatic rings. The van der Waals surface area contributed by atoms with Crippen molar-refractivity contribution in [2.75, 3.05) is 0 Å². The molecule has 3 aromatic rings. The number of ether oxygens (including phenoxy) is 1. The quantitative estimate of drug-likeness (QED) is 0.642. The fraction of sp³-hybridized carbons (Fsp3) is 0.300. The van der Waals surface area contributed by atoms with Crippen molar-refractivity contribution in [3.63, 3.8) is 0 Å². The van der Waals surface area contributed by atoms with Crippen LogP contribution >= 0.6 is 11.6 Å². The van der Waals surface area contributed by atoms with E-state index in [4.69, 9.17) is 16.3 Å². The van der Waals surface area contributed by atoms with Crippen molar-refractivity contribution in [3.8, 4) is 5.75 Å². The van der Waals surface area contributed by atoms with Crippen LogP contribution in [0.4, 0.5) is 0 Å². The van der Waals surface area contributed by atoms with E-state index in [-0.39, 0.29) is 6.04 Å². The maximum Gasteiger partial charge on any atom is 0.141 e. The number of H-pyrrole nitrogens is 1. The van der Waals surface area contributed by atoms with Gasteiger partial charge in [-0.15, -0.1) is 0 Å². The number of hydrogen-bond acceptors (Lipinski definition) is 4. The smallest absolute Gasteiger partial charge is 0.141 e. The summed E-state index contributed by atoms with van der Waals surface area (Å²) in [6.45, 7) is 7.40. The van der Waals surface area contributed by atoms with Crippen LogP contribution in [0.15, 0.2) is 42.7 Å². The van der Waals surface area contributed by atoms with Crippen LogP contribution in [0.2, 0.25) is 5.02 Å². The van der Waals surface area contributed by atoms with E-state index in [1.54, 1.807) is 0 Å². The Labute approximate surface area is 158 Å². The van der Waals surface area contributed by atoms with Gasteiger partial charge in [0.15, 0.2) is 0 Å². The van der Waals surface area contributed by atoms with Gasteiger partial charge >= 0.3 is 0 Å². The lowest BCUT2D eigenvalue weighted by Crippen LogP contribution is -2.19. The molecular weight excluding hydrogens is 348 g/mol. The van der Waals surface area contributed by atoms with E-state index in [0.717, 1.165) is 39.8 Å². The summed E-state index contributed by atoms with van der Waals surface area (Å²) in [7, 11) is 0. The van der Waals surface area contributed by atoms with Crippen LogP contribution in [0.5, 0.6) is 5.75 Å². The molecule has 2 aromatic carbocycles. The average Bonchev–Trinajstić information content (AvgIpc) is 3.15. The van der Waals surface area contributed by atoms with Crippen molar-refractivity contribution in [1.82, 2.24) is 20.5 Å². The number of halogens is 1. The van der Waals surface area contributed by atoms with Gasteiger partial charge in [0.2, 0.25) is 0 Å². The predicted molar refractivity (Wildman–Crippen MR) is 103 cm³/mol. The molecule has 0 saturated heterocycles. The Morgan fingerprint density at radius 3 is 2.58 bits per heavy atom. The Bertz CT molecular complexity index is 841.